The summed E-state index contributed by atoms with van der Waals surface area (Å²) in [6, 6.07) is 4.78. The lowest BCUT2D eigenvalue weighted by atomic mass is 10.1. The standard InChI is InChI=1S/C13H12F3N3O2/c14-13(15,16)9-3-1-2-8(4-9)12-17-11(21-18-12)7-19-5-10(20)6-19/h1-4,10,20H,5-7H2. The summed E-state index contributed by atoms with van der Waals surface area (Å²) in [6.07, 6.45) is -4.74. The zero-order valence-electron chi connectivity index (χ0n) is 10.8. The first-order valence-electron chi connectivity index (χ1n) is 6.32. The Labute approximate surface area is 118 Å². The molecule has 3 rings (SSSR count). The summed E-state index contributed by atoms with van der Waals surface area (Å²) in [7, 11) is 0. The van der Waals surface area contributed by atoms with E-state index in [1.165, 1.54) is 12.1 Å². The van der Waals surface area contributed by atoms with Crippen molar-refractivity contribution >= 4 is 0 Å². The molecule has 112 valence electrons. The highest BCUT2D eigenvalue weighted by Crippen LogP contribution is 2.31. The molecule has 0 aliphatic carbocycles. The fourth-order valence-corrected chi connectivity index (χ4v) is 2.13. The molecule has 1 aromatic carbocycles. The second-order valence-corrected chi connectivity index (χ2v) is 4.94. The lowest BCUT2D eigenvalue weighted by Gasteiger charge is -2.34. The Balaban J connectivity index is 1.76. The smallest absolute Gasteiger partial charge is 0.390 e. The van der Waals surface area contributed by atoms with Gasteiger partial charge in [-0.2, -0.15) is 18.2 Å². The van der Waals surface area contributed by atoms with Crippen molar-refractivity contribution in [2.24, 2.45) is 0 Å². The number of β-amino-alcohol motifs (C(OH)–C–C–N with tert-alkyl or cyclic N) is 1. The Kier molecular flexibility index (Phi) is 3.42. The second-order valence-electron chi connectivity index (χ2n) is 4.94. The molecule has 2 heterocycles. The summed E-state index contributed by atoms with van der Waals surface area (Å²) >= 11 is 0. The van der Waals surface area contributed by atoms with E-state index in [0.717, 1.165) is 12.1 Å². The Hall–Kier alpha value is -1.93. The third-order valence-corrected chi connectivity index (χ3v) is 3.21. The first-order valence-corrected chi connectivity index (χ1v) is 6.32. The number of rotatable bonds is 3. The average molecular weight is 299 g/mol. The van der Waals surface area contributed by atoms with Crippen LogP contribution in [0.25, 0.3) is 11.4 Å². The highest BCUT2D eigenvalue weighted by molar-refractivity contribution is 5.55. The van der Waals surface area contributed by atoms with Gasteiger partial charge in [-0.3, -0.25) is 4.90 Å². The zero-order valence-corrected chi connectivity index (χ0v) is 10.8. The van der Waals surface area contributed by atoms with Gasteiger partial charge < -0.3 is 9.63 Å². The number of halogens is 3. The van der Waals surface area contributed by atoms with Crippen LogP contribution in [0.2, 0.25) is 0 Å². The van der Waals surface area contributed by atoms with Crippen molar-refractivity contribution in [1.82, 2.24) is 15.0 Å². The van der Waals surface area contributed by atoms with Gasteiger partial charge in [0.1, 0.15) is 0 Å². The molecule has 8 heteroatoms. The summed E-state index contributed by atoms with van der Waals surface area (Å²) in [5, 5.41) is 12.9. The number of alkyl halides is 3. The number of likely N-dealkylation sites (tertiary alicyclic amines) is 1. The van der Waals surface area contributed by atoms with E-state index >= 15 is 0 Å². The first kappa shape index (κ1) is 14.0. The van der Waals surface area contributed by atoms with Crippen LogP contribution >= 0.6 is 0 Å². The van der Waals surface area contributed by atoms with E-state index < -0.39 is 11.7 Å². The monoisotopic (exact) mass is 299 g/mol. The molecule has 0 atom stereocenters. The van der Waals surface area contributed by atoms with E-state index in [4.69, 9.17) is 4.52 Å². The van der Waals surface area contributed by atoms with Gasteiger partial charge in [-0.25, -0.2) is 0 Å². The number of hydrogen-bond acceptors (Lipinski definition) is 5. The van der Waals surface area contributed by atoms with Gasteiger partial charge in [-0.15, -0.1) is 0 Å². The van der Waals surface area contributed by atoms with Gasteiger partial charge in [0, 0.05) is 18.7 Å². The molecule has 0 radical (unpaired) electrons. The van der Waals surface area contributed by atoms with Crippen molar-refractivity contribution in [2.45, 2.75) is 18.8 Å². The Morgan fingerprint density at radius 2 is 2.10 bits per heavy atom. The number of aromatic nitrogens is 2. The second kappa shape index (κ2) is 5.12. The quantitative estimate of drug-likeness (QED) is 0.938. The van der Waals surface area contributed by atoms with Gasteiger partial charge >= 0.3 is 6.18 Å². The van der Waals surface area contributed by atoms with Crippen molar-refractivity contribution in [3.8, 4) is 11.4 Å². The van der Waals surface area contributed by atoms with Crippen LogP contribution in [0, 0.1) is 0 Å². The van der Waals surface area contributed by atoms with Crippen molar-refractivity contribution in [1.29, 1.82) is 0 Å². The van der Waals surface area contributed by atoms with E-state index in [-0.39, 0.29) is 17.5 Å². The molecule has 1 aliphatic rings. The molecular weight excluding hydrogens is 287 g/mol. The van der Waals surface area contributed by atoms with Gasteiger partial charge in [-0.1, -0.05) is 17.3 Å². The van der Waals surface area contributed by atoms with Crippen LogP contribution in [0.1, 0.15) is 11.5 Å². The predicted octanol–water partition coefficient (Wildman–Crippen LogP) is 1.93. The molecule has 1 aliphatic heterocycles. The van der Waals surface area contributed by atoms with Gasteiger partial charge in [-0.05, 0) is 12.1 Å². The van der Waals surface area contributed by atoms with Crippen LogP contribution < -0.4 is 0 Å². The van der Waals surface area contributed by atoms with E-state index in [1.807, 2.05) is 4.90 Å². The van der Waals surface area contributed by atoms with E-state index in [2.05, 4.69) is 10.1 Å². The third-order valence-electron chi connectivity index (χ3n) is 3.21. The molecule has 0 saturated carbocycles. The summed E-state index contributed by atoms with van der Waals surface area (Å²) in [4.78, 5) is 5.98. The third kappa shape index (κ3) is 3.06. The van der Waals surface area contributed by atoms with Crippen LogP contribution in [0.4, 0.5) is 13.2 Å². The molecule has 0 bridgehead atoms. The Morgan fingerprint density at radius 3 is 2.76 bits per heavy atom. The summed E-state index contributed by atoms with van der Waals surface area (Å²) in [5.41, 5.74) is -0.499. The minimum Gasteiger partial charge on any atom is -0.390 e. The maximum absolute atomic E-state index is 12.7. The highest BCUT2D eigenvalue weighted by Gasteiger charge is 2.31. The van der Waals surface area contributed by atoms with Gasteiger partial charge in [0.05, 0.1) is 18.2 Å². The number of hydrogen-bond donors (Lipinski definition) is 1. The first-order chi connectivity index (χ1) is 9.91. The molecular formula is C13H12F3N3O2. The van der Waals surface area contributed by atoms with Gasteiger partial charge in [0.15, 0.2) is 0 Å². The predicted molar refractivity (Wildman–Crippen MR) is 66.0 cm³/mol. The minimum absolute atomic E-state index is 0.122. The lowest BCUT2D eigenvalue weighted by molar-refractivity contribution is -0.137. The van der Waals surface area contributed by atoms with Crippen LogP contribution in [0.3, 0.4) is 0 Å². The molecule has 21 heavy (non-hydrogen) atoms. The minimum atomic E-state index is -4.41. The number of aliphatic hydroxyl groups is 1. The maximum atomic E-state index is 12.7. The Bertz CT molecular complexity index is 636. The molecule has 0 unspecified atom stereocenters. The molecule has 1 N–H and O–H groups in total. The van der Waals surface area contributed by atoms with Crippen molar-refractivity contribution in [3.05, 3.63) is 35.7 Å². The van der Waals surface area contributed by atoms with Gasteiger partial charge in [0.2, 0.25) is 11.7 Å². The van der Waals surface area contributed by atoms with Crippen LogP contribution in [0.15, 0.2) is 28.8 Å². The molecule has 5 nitrogen and oxygen atoms in total. The fraction of sp³-hybridized carbons (Fsp3) is 0.385. The number of benzene rings is 1. The average Bonchev–Trinajstić information content (AvgIpc) is 2.85. The fourth-order valence-electron chi connectivity index (χ4n) is 2.13. The number of nitrogens with zero attached hydrogens (tertiary/aromatic N) is 3. The zero-order chi connectivity index (χ0) is 15.0. The summed E-state index contributed by atoms with van der Waals surface area (Å²) in [6.45, 7) is 1.44. The van der Waals surface area contributed by atoms with Gasteiger partial charge in [0.25, 0.3) is 0 Å². The van der Waals surface area contributed by atoms with E-state index in [9.17, 15) is 18.3 Å². The van der Waals surface area contributed by atoms with Crippen molar-refractivity contribution in [3.63, 3.8) is 0 Å². The Morgan fingerprint density at radius 1 is 1.33 bits per heavy atom. The van der Waals surface area contributed by atoms with Crippen molar-refractivity contribution in [2.75, 3.05) is 13.1 Å². The van der Waals surface area contributed by atoms with Crippen molar-refractivity contribution < 1.29 is 22.8 Å². The lowest BCUT2D eigenvalue weighted by Crippen LogP contribution is -2.49. The van der Waals surface area contributed by atoms with Crippen LogP contribution in [0.5, 0.6) is 0 Å². The summed E-state index contributed by atoms with van der Waals surface area (Å²) < 4.78 is 43.0. The highest BCUT2D eigenvalue weighted by atomic mass is 19.4. The molecule has 1 aromatic heterocycles. The van der Waals surface area contributed by atoms with E-state index in [0.29, 0.717) is 25.5 Å². The SMILES string of the molecule is OC1CN(Cc2nc(-c3cccc(C(F)(F)F)c3)no2)C1. The van der Waals surface area contributed by atoms with Crippen LogP contribution in [-0.4, -0.2) is 39.3 Å². The molecule has 1 fully saturated rings. The van der Waals surface area contributed by atoms with E-state index in [1.54, 1.807) is 0 Å². The maximum Gasteiger partial charge on any atom is 0.416 e. The topological polar surface area (TPSA) is 62.4 Å². The molecule has 0 spiro atoms. The molecule has 0 amide bonds. The largest absolute Gasteiger partial charge is 0.416 e. The number of aliphatic hydroxyl groups excluding tert-OH is 1. The molecule has 1 saturated heterocycles. The van der Waals surface area contributed by atoms with Crippen LogP contribution in [-0.2, 0) is 12.7 Å². The summed E-state index contributed by atoms with van der Waals surface area (Å²) in [5.74, 6) is 0.437. The molecule has 2 aromatic rings. The normalized spacial score (nSPS) is 17.0.